The summed E-state index contributed by atoms with van der Waals surface area (Å²) in [4.78, 5) is 2.36. The minimum absolute atomic E-state index is 0.797. The van der Waals surface area contributed by atoms with Crippen molar-refractivity contribution < 1.29 is 9.47 Å². The van der Waals surface area contributed by atoms with Crippen LogP contribution in [-0.4, -0.2) is 39.3 Å². The molecule has 106 valence electrons. The van der Waals surface area contributed by atoms with Crippen molar-refractivity contribution in [3.63, 3.8) is 0 Å². The van der Waals surface area contributed by atoms with E-state index in [2.05, 4.69) is 24.9 Å². The maximum atomic E-state index is 5.32. The molecule has 0 atom stereocenters. The van der Waals surface area contributed by atoms with Gasteiger partial charge in [-0.2, -0.15) is 0 Å². The van der Waals surface area contributed by atoms with Crippen LogP contribution in [0.4, 0.5) is 0 Å². The van der Waals surface area contributed by atoms with Gasteiger partial charge in [0.2, 0.25) is 0 Å². The molecule has 0 aromatic heterocycles. The van der Waals surface area contributed by atoms with Gasteiger partial charge in [0, 0.05) is 6.54 Å². The van der Waals surface area contributed by atoms with Gasteiger partial charge in [-0.1, -0.05) is 19.8 Å². The monoisotopic (exact) mass is 255 g/mol. The summed E-state index contributed by atoms with van der Waals surface area (Å²) in [6, 6.07) is 0. The van der Waals surface area contributed by atoms with Crippen molar-refractivity contribution in [3.8, 4) is 0 Å². The van der Waals surface area contributed by atoms with Crippen LogP contribution in [0.2, 0.25) is 0 Å². The van der Waals surface area contributed by atoms with Crippen LogP contribution in [0.25, 0.3) is 0 Å². The molecule has 0 aliphatic heterocycles. The highest BCUT2D eigenvalue weighted by Crippen LogP contribution is 2.12. The molecule has 0 heterocycles. The smallest absolute Gasteiger partial charge is 0.156 e. The highest BCUT2D eigenvalue weighted by molar-refractivity contribution is 5.19. The van der Waals surface area contributed by atoms with Gasteiger partial charge in [0.1, 0.15) is 0 Å². The molecule has 0 N–H and O–H groups in total. The zero-order valence-electron chi connectivity index (χ0n) is 12.7. The number of nitrogens with zero attached hydrogens (tertiary/aromatic N) is 1. The van der Waals surface area contributed by atoms with Gasteiger partial charge in [0.25, 0.3) is 0 Å². The van der Waals surface area contributed by atoms with Crippen molar-refractivity contribution in [2.45, 2.75) is 39.5 Å². The van der Waals surface area contributed by atoms with Crippen LogP contribution < -0.4 is 0 Å². The maximum absolute atomic E-state index is 5.32. The molecule has 3 nitrogen and oxygen atoms in total. The lowest BCUT2D eigenvalue weighted by Gasteiger charge is -2.15. The first-order chi connectivity index (χ1) is 8.69. The lowest BCUT2D eigenvalue weighted by atomic mass is 10.2. The van der Waals surface area contributed by atoms with E-state index in [1.54, 1.807) is 14.2 Å². The average Bonchev–Trinajstić information content (AvgIpc) is 2.38. The number of methoxy groups -OCH3 is 2. The Hall–Kier alpha value is -0.960. The van der Waals surface area contributed by atoms with E-state index < -0.39 is 0 Å². The number of hydrogen-bond donors (Lipinski definition) is 0. The largest absolute Gasteiger partial charge is 0.493 e. The summed E-state index contributed by atoms with van der Waals surface area (Å²) in [5.41, 5.74) is 0. The lowest BCUT2D eigenvalue weighted by Crippen LogP contribution is -2.20. The van der Waals surface area contributed by atoms with E-state index in [0.717, 1.165) is 24.5 Å². The molecule has 0 aliphatic rings. The van der Waals surface area contributed by atoms with Crippen LogP contribution in [-0.2, 0) is 9.47 Å². The maximum Gasteiger partial charge on any atom is 0.156 e. The fourth-order valence-electron chi connectivity index (χ4n) is 1.80. The van der Waals surface area contributed by atoms with Gasteiger partial charge in [-0.15, -0.1) is 0 Å². The van der Waals surface area contributed by atoms with Gasteiger partial charge in [-0.3, -0.25) is 0 Å². The summed E-state index contributed by atoms with van der Waals surface area (Å²) in [5.74, 6) is 1.62. The van der Waals surface area contributed by atoms with Crippen LogP contribution >= 0.6 is 0 Å². The summed E-state index contributed by atoms with van der Waals surface area (Å²) in [6.07, 6.45) is 8.87. The van der Waals surface area contributed by atoms with Crippen molar-refractivity contribution in [1.29, 1.82) is 0 Å². The molecule has 0 aromatic rings. The van der Waals surface area contributed by atoms with Gasteiger partial charge >= 0.3 is 0 Å². The van der Waals surface area contributed by atoms with E-state index in [0.29, 0.717) is 0 Å². The number of rotatable bonds is 10. The summed E-state index contributed by atoms with van der Waals surface area (Å²) < 4.78 is 10.6. The average molecular weight is 255 g/mol. The Morgan fingerprint density at radius 3 is 2.22 bits per heavy atom. The molecule has 0 saturated heterocycles. The molecule has 0 saturated carbocycles. The molecule has 0 rings (SSSR count). The van der Waals surface area contributed by atoms with Gasteiger partial charge < -0.3 is 14.4 Å². The van der Waals surface area contributed by atoms with Gasteiger partial charge in [-0.05, 0) is 45.5 Å². The van der Waals surface area contributed by atoms with E-state index in [9.17, 15) is 0 Å². The molecule has 0 amide bonds. The predicted octanol–water partition coefficient (Wildman–Crippen LogP) is 3.58. The molecule has 0 fully saturated rings. The molecule has 0 bridgehead atoms. The first kappa shape index (κ1) is 17.0. The molecule has 0 unspecified atom stereocenters. The van der Waals surface area contributed by atoms with Gasteiger partial charge in [-0.25, -0.2) is 0 Å². The first-order valence-electron chi connectivity index (χ1n) is 6.82. The number of hydrogen-bond acceptors (Lipinski definition) is 3. The summed E-state index contributed by atoms with van der Waals surface area (Å²) in [7, 11) is 5.52. The van der Waals surface area contributed by atoms with E-state index >= 15 is 0 Å². The van der Waals surface area contributed by atoms with E-state index in [4.69, 9.17) is 9.47 Å². The summed E-state index contributed by atoms with van der Waals surface area (Å²) in [6.45, 7) is 6.40. The fourth-order valence-corrected chi connectivity index (χ4v) is 1.80. The van der Waals surface area contributed by atoms with Crippen molar-refractivity contribution in [3.05, 3.63) is 23.7 Å². The van der Waals surface area contributed by atoms with Crippen LogP contribution in [0.5, 0.6) is 0 Å². The highest BCUT2D eigenvalue weighted by Gasteiger charge is 2.04. The Morgan fingerprint density at radius 1 is 1.06 bits per heavy atom. The lowest BCUT2D eigenvalue weighted by molar-refractivity contribution is 0.218. The third kappa shape index (κ3) is 7.38. The number of ether oxygens (including phenoxy) is 2. The van der Waals surface area contributed by atoms with E-state index in [1.165, 1.54) is 25.8 Å². The third-order valence-corrected chi connectivity index (χ3v) is 2.93. The zero-order chi connectivity index (χ0) is 13.8. The fraction of sp³-hybridized carbons (Fsp3) is 0.733. The first-order valence-corrected chi connectivity index (χ1v) is 6.82. The Morgan fingerprint density at radius 2 is 1.72 bits per heavy atom. The van der Waals surface area contributed by atoms with Crippen LogP contribution in [0.3, 0.4) is 0 Å². The highest BCUT2D eigenvalue weighted by atomic mass is 16.5. The second-order valence-electron chi connectivity index (χ2n) is 4.43. The van der Waals surface area contributed by atoms with E-state index in [1.807, 2.05) is 13.0 Å². The second kappa shape index (κ2) is 11.1. The van der Waals surface area contributed by atoms with Crippen LogP contribution in [0, 0.1) is 0 Å². The molecule has 0 aromatic carbocycles. The molecular weight excluding hydrogens is 226 g/mol. The van der Waals surface area contributed by atoms with Crippen LogP contribution in [0.15, 0.2) is 23.7 Å². The third-order valence-electron chi connectivity index (χ3n) is 2.93. The number of allylic oxidation sites excluding steroid dienone is 1. The Kier molecular flexibility index (Phi) is 10.6. The van der Waals surface area contributed by atoms with Gasteiger partial charge in [0.05, 0.1) is 14.2 Å². The van der Waals surface area contributed by atoms with Crippen molar-refractivity contribution in [2.24, 2.45) is 0 Å². The topological polar surface area (TPSA) is 21.7 Å². The molecule has 0 radical (unpaired) electrons. The molecule has 0 aliphatic carbocycles. The van der Waals surface area contributed by atoms with E-state index in [-0.39, 0.29) is 0 Å². The zero-order valence-corrected chi connectivity index (χ0v) is 12.7. The summed E-state index contributed by atoms with van der Waals surface area (Å²) in [5, 5.41) is 0. The quantitative estimate of drug-likeness (QED) is 0.338. The second-order valence-corrected chi connectivity index (χ2v) is 4.43. The van der Waals surface area contributed by atoms with Crippen LogP contribution in [0.1, 0.15) is 39.5 Å². The normalized spacial score (nSPS) is 13.0. The minimum atomic E-state index is 0.797. The predicted molar refractivity (Wildman–Crippen MR) is 77.5 cm³/mol. The minimum Gasteiger partial charge on any atom is -0.493 e. The van der Waals surface area contributed by atoms with Crippen molar-refractivity contribution >= 4 is 0 Å². The summed E-state index contributed by atoms with van der Waals surface area (Å²) >= 11 is 0. The van der Waals surface area contributed by atoms with Gasteiger partial charge in [0.15, 0.2) is 11.5 Å². The van der Waals surface area contributed by atoms with Crippen molar-refractivity contribution in [2.75, 3.05) is 34.4 Å². The standard InChI is InChI=1S/C15H29NO2/c1-6-8-9-12-16(3)13-10-11-15(18-5)14(7-2)17-4/h7,11H,6,8-10,12-13H2,1-5H3/b14-7+,15-11+. The Balaban J connectivity index is 4.03. The molecule has 18 heavy (non-hydrogen) atoms. The Labute approximate surface area is 112 Å². The molecule has 3 heteroatoms. The SMILES string of the molecule is C/C=C(OC)\C(=C/CCN(C)CCCCC)OC. The molecule has 0 spiro atoms. The molecular formula is C15H29NO2. The number of unbranched alkanes of at least 4 members (excludes halogenated alkanes) is 2. The van der Waals surface area contributed by atoms with Crippen molar-refractivity contribution in [1.82, 2.24) is 4.90 Å². The Bertz CT molecular complexity index is 259.